The summed E-state index contributed by atoms with van der Waals surface area (Å²) in [6.45, 7) is 4.52. The van der Waals surface area contributed by atoms with Crippen LogP contribution in [0.25, 0.3) is 0 Å². The van der Waals surface area contributed by atoms with Crippen LogP contribution in [0, 0.1) is 0 Å². The summed E-state index contributed by atoms with van der Waals surface area (Å²) in [5.74, 6) is 0.305. The number of thiophene rings is 1. The highest BCUT2D eigenvalue weighted by Crippen LogP contribution is 2.33. The molecule has 0 fully saturated rings. The van der Waals surface area contributed by atoms with Gasteiger partial charge in [0.2, 0.25) is 10.0 Å². The van der Waals surface area contributed by atoms with Gasteiger partial charge >= 0.3 is 0 Å². The molecule has 4 nitrogen and oxygen atoms in total. The van der Waals surface area contributed by atoms with Gasteiger partial charge < -0.3 is 4.74 Å². The molecule has 1 aromatic rings. The first-order valence-corrected chi connectivity index (χ1v) is 9.29. The van der Waals surface area contributed by atoms with Crippen LogP contribution in [0.4, 0.5) is 0 Å². The summed E-state index contributed by atoms with van der Waals surface area (Å²) < 4.78 is 32.0. The molecule has 0 saturated carbocycles. The van der Waals surface area contributed by atoms with Crippen LogP contribution in [-0.2, 0) is 20.6 Å². The molecule has 0 radical (unpaired) electrons. The van der Waals surface area contributed by atoms with Gasteiger partial charge in [-0.3, -0.25) is 0 Å². The third-order valence-electron chi connectivity index (χ3n) is 2.38. The number of hydrogen-bond donors (Lipinski definition) is 0. The van der Waals surface area contributed by atoms with E-state index < -0.39 is 10.0 Å². The number of likely N-dealkylation sites (N-methyl/N-ethyl adjacent to an activating group) is 1. The van der Waals surface area contributed by atoms with E-state index in [9.17, 15) is 8.42 Å². The van der Waals surface area contributed by atoms with Gasteiger partial charge in [-0.15, -0.1) is 22.9 Å². The lowest BCUT2D eigenvalue weighted by Gasteiger charge is -2.17. The molecule has 19 heavy (non-hydrogen) atoms. The maximum Gasteiger partial charge on any atom is 0.244 e. The van der Waals surface area contributed by atoms with Crippen molar-refractivity contribution in [1.29, 1.82) is 0 Å². The fourth-order valence-corrected chi connectivity index (χ4v) is 5.22. The summed E-state index contributed by atoms with van der Waals surface area (Å²) in [5.41, 5.74) is 0. The van der Waals surface area contributed by atoms with Crippen molar-refractivity contribution in [3.8, 4) is 0 Å². The monoisotopic (exact) mass is 389 g/mol. The minimum absolute atomic E-state index is 0.0897. The van der Waals surface area contributed by atoms with Crippen LogP contribution in [0.2, 0.25) is 0 Å². The normalized spacial score (nSPS) is 12.6. The number of ether oxygens (including phenoxy) is 1. The molecule has 1 aromatic heterocycles. The largest absolute Gasteiger partial charge is 0.377 e. The van der Waals surface area contributed by atoms with Crippen LogP contribution >= 0.6 is 38.9 Å². The molecular weight excluding hydrogens is 374 g/mol. The molecule has 1 rings (SSSR count). The van der Waals surface area contributed by atoms with Gasteiger partial charge in [-0.25, -0.2) is 8.42 Å². The van der Waals surface area contributed by atoms with Crippen LogP contribution < -0.4 is 0 Å². The van der Waals surface area contributed by atoms with Crippen molar-refractivity contribution in [2.75, 3.05) is 20.2 Å². The second-order valence-corrected chi connectivity index (χ2v) is 8.97. The van der Waals surface area contributed by atoms with Crippen molar-refractivity contribution in [3.63, 3.8) is 0 Å². The molecule has 0 atom stereocenters. The van der Waals surface area contributed by atoms with Gasteiger partial charge in [-0.05, 0) is 35.8 Å². The van der Waals surface area contributed by atoms with Gasteiger partial charge in [0.15, 0.2) is 0 Å². The summed E-state index contributed by atoms with van der Waals surface area (Å²) in [6, 6.07) is 1.61. The zero-order valence-electron chi connectivity index (χ0n) is 11.0. The Morgan fingerprint density at radius 1 is 1.53 bits per heavy atom. The van der Waals surface area contributed by atoms with Gasteiger partial charge in [-0.2, -0.15) is 4.31 Å². The molecule has 0 bridgehead atoms. The number of rotatable bonds is 7. The SMILES string of the molecule is CC(C)OCCN(C)S(=O)(=O)c1cc(CCl)sc1Br. The van der Waals surface area contributed by atoms with Crippen LogP contribution in [0.3, 0.4) is 0 Å². The Kier molecular flexibility index (Phi) is 6.75. The molecule has 0 aliphatic heterocycles. The Morgan fingerprint density at radius 3 is 2.63 bits per heavy atom. The molecular formula is C11H17BrClNO3S2. The number of nitrogens with zero attached hydrogens (tertiary/aromatic N) is 1. The zero-order chi connectivity index (χ0) is 14.6. The van der Waals surface area contributed by atoms with E-state index in [1.54, 1.807) is 13.1 Å². The highest BCUT2D eigenvalue weighted by molar-refractivity contribution is 9.11. The highest BCUT2D eigenvalue weighted by atomic mass is 79.9. The van der Waals surface area contributed by atoms with Gasteiger partial charge in [-0.1, -0.05) is 0 Å². The molecule has 0 amide bonds. The summed E-state index contributed by atoms with van der Waals surface area (Å²) in [4.78, 5) is 1.08. The quantitative estimate of drug-likeness (QED) is 0.671. The van der Waals surface area contributed by atoms with Crippen molar-refractivity contribution in [1.82, 2.24) is 4.31 Å². The Bertz CT molecular complexity index is 516. The lowest BCUT2D eigenvalue weighted by atomic mass is 10.5. The summed E-state index contributed by atoms with van der Waals surface area (Å²) in [7, 11) is -1.95. The molecule has 110 valence electrons. The predicted molar refractivity (Wildman–Crippen MR) is 82.5 cm³/mol. The summed E-state index contributed by atoms with van der Waals surface area (Å²) in [5, 5.41) is 0. The van der Waals surface area contributed by atoms with E-state index >= 15 is 0 Å². The Labute approximate surface area is 131 Å². The van der Waals surface area contributed by atoms with Crippen LogP contribution in [-0.4, -0.2) is 39.0 Å². The van der Waals surface area contributed by atoms with Crippen molar-refractivity contribution in [2.45, 2.75) is 30.7 Å². The molecule has 0 spiro atoms. The molecule has 0 saturated heterocycles. The number of sulfonamides is 1. The lowest BCUT2D eigenvalue weighted by Crippen LogP contribution is -2.30. The van der Waals surface area contributed by atoms with Crippen LogP contribution in [0.5, 0.6) is 0 Å². The first-order chi connectivity index (χ1) is 8.78. The van der Waals surface area contributed by atoms with E-state index in [0.717, 1.165) is 4.88 Å². The maximum absolute atomic E-state index is 12.4. The Balaban J connectivity index is 2.81. The molecule has 0 aliphatic rings. The number of halogens is 2. The topological polar surface area (TPSA) is 46.6 Å². The molecule has 0 aliphatic carbocycles. The average Bonchev–Trinajstić information content (AvgIpc) is 2.70. The molecule has 0 N–H and O–H groups in total. The Hall–Kier alpha value is 0.340. The second kappa shape index (κ2) is 7.38. The maximum atomic E-state index is 12.4. The smallest absolute Gasteiger partial charge is 0.244 e. The zero-order valence-corrected chi connectivity index (χ0v) is 15.0. The van der Waals surface area contributed by atoms with E-state index in [-0.39, 0.29) is 11.0 Å². The number of alkyl halides is 1. The third kappa shape index (κ3) is 4.68. The predicted octanol–water partition coefficient (Wildman–Crippen LogP) is 3.29. The van der Waals surface area contributed by atoms with E-state index in [1.807, 2.05) is 13.8 Å². The first kappa shape index (κ1) is 17.4. The molecule has 0 unspecified atom stereocenters. The molecule has 8 heteroatoms. The minimum atomic E-state index is -3.50. The first-order valence-electron chi connectivity index (χ1n) is 5.71. The fourth-order valence-electron chi connectivity index (χ4n) is 1.34. The molecule has 0 aromatic carbocycles. The van der Waals surface area contributed by atoms with Crippen LogP contribution in [0.1, 0.15) is 18.7 Å². The minimum Gasteiger partial charge on any atom is -0.377 e. The lowest BCUT2D eigenvalue weighted by molar-refractivity contribution is 0.0737. The van der Waals surface area contributed by atoms with Crippen molar-refractivity contribution in [3.05, 3.63) is 14.7 Å². The van der Waals surface area contributed by atoms with E-state index in [2.05, 4.69) is 15.9 Å². The summed E-state index contributed by atoms with van der Waals surface area (Å²) in [6.07, 6.45) is 0.0897. The fraction of sp³-hybridized carbons (Fsp3) is 0.636. The van der Waals surface area contributed by atoms with Gasteiger partial charge in [0, 0.05) is 18.5 Å². The van der Waals surface area contributed by atoms with E-state index in [0.29, 0.717) is 22.8 Å². The van der Waals surface area contributed by atoms with E-state index in [4.69, 9.17) is 16.3 Å². The van der Waals surface area contributed by atoms with Gasteiger partial charge in [0.05, 0.1) is 22.4 Å². The molecule has 1 heterocycles. The van der Waals surface area contributed by atoms with Crippen molar-refractivity contribution >= 4 is 48.9 Å². The number of hydrogen-bond acceptors (Lipinski definition) is 4. The van der Waals surface area contributed by atoms with E-state index in [1.165, 1.54) is 15.6 Å². The van der Waals surface area contributed by atoms with Crippen molar-refractivity contribution in [2.24, 2.45) is 0 Å². The Morgan fingerprint density at radius 2 is 2.16 bits per heavy atom. The van der Waals surface area contributed by atoms with Crippen molar-refractivity contribution < 1.29 is 13.2 Å². The van der Waals surface area contributed by atoms with Gasteiger partial charge in [0.1, 0.15) is 4.90 Å². The highest BCUT2D eigenvalue weighted by Gasteiger charge is 2.25. The van der Waals surface area contributed by atoms with Crippen LogP contribution in [0.15, 0.2) is 14.7 Å². The standard InChI is InChI=1S/C11H17BrClNO3S2/c1-8(2)17-5-4-14(3)19(15,16)10-6-9(7-13)18-11(10)12/h6,8H,4-5,7H2,1-3H3. The van der Waals surface area contributed by atoms with Gasteiger partial charge in [0.25, 0.3) is 0 Å². The summed E-state index contributed by atoms with van der Waals surface area (Å²) >= 11 is 10.3. The second-order valence-electron chi connectivity index (χ2n) is 4.23. The third-order valence-corrected chi connectivity index (χ3v) is 6.94. The average molecular weight is 391 g/mol.